The van der Waals surface area contributed by atoms with Crippen LogP contribution in [0.2, 0.25) is 0 Å². The Morgan fingerprint density at radius 3 is 1.75 bits per heavy atom. The van der Waals surface area contributed by atoms with Crippen LogP contribution in [0.15, 0.2) is 24.3 Å². The lowest BCUT2D eigenvalue weighted by Gasteiger charge is -2.46. The number of hydrogen-bond donors (Lipinski definition) is 0. The molecule has 2 nitrogen and oxygen atoms in total. The molecular formula is C26H42F3N2P. The van der Waals surface area contributed by atoms with Gasteiger partial charge in [-0.3, -0.25) is 4.90 Å². The maximum absolute atomic E-state index is 13.3. The molecule has 3 rings (SSSR count). The van der Waals surface area contributed by atoms with Gasteiger partial charge in [-0.15, -0.1) is 0 Å². The van der Waals surface area contributed by atoms with Crippen LogP contribution in [-0.4, -0.2) is 55.4 Å². The van der Waals surface area contributed by atoms with E-state index in [4.69, 9.17) is 0 Å². The third-order valence-electron chi connectivity index (χ3n) is 7.34. The number of nitrogens with zero attached hydrogens (tertiary/aromatic N) is 2. The van der Waals surface area contributed by atoms with Gasteiger partial charge in [-0.25, -0.2) is 0 Å². The second-order valence-corrected chi connectivity index (χ2v) is 13.0. The summed E-state index contributed by atoms with van der Waals surface area (Å²) in [7, 11) is 6.11. The molecule has 0 spiro atoms. The Bertz CT molecular complexity index is 647. The van der Waals surface area contributed by atoms with Crippen molar-refractivity contribution in [2.24, 2.45) is 0 Å². The molecule has 1 aromatic carbocycles. The van der Waals surface area contributed by atoms with Gasteiger partial charge in [-0.2, -0.15) is 13.2 Å². The van der Waals surface area contributed by atoms with E-state index in [0.29, 0.717) is 0 Å². The van der Waals surface area contributed by atoms with Crippen molar-refractivity contribution in [3.63, 3.8) is 0 Å². The van der Waals surface area contributed by atoms with E-state index >= 15 is 0 Å². The summed E-state index contributed by atoms with van der Waals surface area (Å²) in [5.41, 5.74) is 2.08. The molecule has 2 fully saturated rings. The number of hydrogen-bond acceptors (Lipinski definition) is 2. The van der Waals surface area contributed by atoms with Gasteiger partial charge in [0.25, 0.3) is 0 Å². The van der Waals surface area contributed by atoms with Crippen molar-refractivity contribution >= 4 is 7.92 Å². The molecule has 0 aliphatic heterocycles. The summed E-state index contributed by atoms with van der Waals surface area (Å²) < 4.78 is 39.8. The molecule has 1 unspecified atom stereocenters. The van der Waals surface area contributed by atoms with Crippen LogP contribution in [0.25, 0.3) is 0 Å². The van der Waals surface area contributed by atoms with Crippen molar-refractivity contribution in [3.8, 4) is 0 Å². The van der Waals surface area contributed by atoms with Crippen molar-refractivity contribution in [2.45, 2.75) is 93.9 Å². The third kappa shape index (κ3) is 7.18. The Kier molecular flexibility index (Phi) is 9.88. The average Bonchev–Trinajstić information content (AvgIpc) is 2.77. The third-order valence-corrected chi connectivity index (χ3v) is 11.3. The van der Waals surface area contributed by atoms with Gasteiger partial charge in [0, 0.05) is 0 Å². The van der Waals surface area contributed by atoms with E-state index in [-0.39, 0.29) is 13.7 Å². The van der Waals surface area contributed by atoms with E-state index in [0.717, 1.165) is 36.4 Å². The molecule has 6 heteroatoms. The number of alkyl halides is 3. The van der Waals surface area contributed by atoms with Gasteiger partial charge >= 0.3 is 6.18 Å². The van der Waals surface area contributed by atoms with Crippen LogP contribution >= 0.6 is 7.92 Å². The van der Waals surface area contributed by atoms with E-state index in [2.05, 4.69) is 30.9 Å². The molecule has 1 atom stereocenters. The fourth-order valence-electron chi connectivity index (χ4n) is 5.71. The van der Waals surface area contributed by atoms with E-state index in [1.54, 1.807) is 12.1 Å². The number of rotatable bonds is 9. The van der Waals surface area contributed by atoms with E-state index in [1.165, 1.54) is 76.3 Å². The van der Waals surface area contributed by atoms with Crippen molar-refractivity contribution in [3.05, 3.63) is 35.4 Å². The largest absolute Gasteiger partial charge is 0.416 e. The first-order valence-corrected chi connectivity index (χ1v) is 14.1. The lowest BCUT2D eigenvalue weighted by molar-refractivity contribution is -0.137. The van der Waals surface area contributed by atoms with Gasteiger partial charge in [0.2, 0.25) is 0 Å². The molecule has 0 saturated heterocycles. The predicted molar refractivity (Wildman–Crippen MR) is 131 cm³/mol. The summed E-state index contributed by atoms with van der Waals surface area (Å²) in [6, 6.07) is 6.20. The van der Waals surface area contributed by atoms with Gasteiger partial charge in [-0.1, -0.05) is 58.6 Å². The summed E-state index contributed by atoms with van der Waals surface area (Å²) in [5, 5.41) is 0. The minimum atomic E-state index is -4.27. The SMILES string of the molecule is CN(C)CCCN(C)C(c1ccc(C(F)(F)F)cc1)P(C1CCCCC1)C1CCCCC1. The molecule has 1 aromatic rings. The molecule has 2 aliphatic rings. The highest BCUT2D eigenvalue weighted by molar-refractivity contribution is 7.59. The minimum absolute atomic E-state index is 0.264. The molecule has 182 valence electrons. The molecule has 0 radical (unpaired) electrons. The fraction of sp³-hybridized carbons (Fsp3) is 0.769. The van der Waals surface area contributed by atoms with Gasteiger partial charge in [-0.05, 0) is 95.4 Å². The number of benzene rings is 1. The summed E-state index contributed by atoms with van der Waals surface area (Å²) in [4.78, 5) is 4.72. The van der Waals surface area contributed by atoms with Crippen molar-refractivity contribution in [1.29, 1.82) is 0 Å². The molecule has 2 aliphatic carbocycles. The monoisotopic (exact) mass is 470 g/mol. The van der Waals surface area contributed by atoms with Crippen LogP contribution in [0.3, 0.4) is 0 Å². The van der Waals surface area contributed by atoms with Gasteiger partial charge in [0.05, 0.1) is 11.3 Å². The average molecular weight is 471 g/mol. The molecule has 0 heterocycles. The first-order valence-electron chi connectivity index (χ1n) is 12.6. The summed E-state index contributed by atoms with van der Waals surface area (Å²) in [5.74, 6) is 0.264. The Morgan fingerprint density at radius 2 is 1.31 bits per heavy atom. The lowest BCUT2D eigenvalue weighted by atomic mass is 9.99. The van der Waals surface area contributed by atoms with Crippen LogP contribution in [0.4, 0.5) is 13.2 Å². The highest BCUT2D eigenvalue weighted by Gasteiger charge is 2.39. The van der Waals surface area contributed by atoms with Crippen LogP contribution < -0.4 is 0 Å². The first-order chi connectivity index (χ1) is 15.3. The lowest BCUT2D eigenvalue weighted by Crippen LogP contribution is -2.33. The summed E-state index contributed by atoms with van der Waals surface area (Å²) in [6.07, 6.45) is 10.0. The van der Waals surface area contributed by atoms with Crippen LogP contribution in [0, 0.1) is 0 Å². The molecular weight excluding hydrogens is 428 g/mol. The second-order valence-electron chi connectivity index (χ2n) is 10.2. The first kappa shape index (κ1) is 26.0. The molecule has 2 saturated carbocycles. The predicted octanol–water partition coefficient (Wildman–Crippen LogP) is 7.73. The standard InChI is InChI=1S/C26H42F3N2P/c1-30(2)19-10-20-31(3)25(21-15-17-22(18-16-21)26(27,28)29)32(23-11-6-4-7-12-23)24-13-8-5-9-14-24/h15-18,23-25H,4-14,19-20H2,1-3H3. The zero-order chi connectivity index (χ0) is 23.1. The highest BCUT2D eigenvalue weighted by Crippen LogP contribution is 2.65. The Hall–Kier alpha value is -0.640. The minimum Gasteiger partial charge on any atom is -0.309 e. The maximum Gasteiger partial charge on any atom is 0.416 e. The quantitative estimate of drug-likeness (QED) is 0.341. The van der Waals surface area contributed by atoms with E-state index < -0.39 is 11.7 Å². The fourth-order valence-corrected chi connectivity index (χ4v) is 10.1. The van der Waals surface area contributed by atoms with E-state index in [1.807, 2.05) is 0 Å². The van der Waals surface area contributed by atoms with Crippen LogP contribution in [0.1, 0.15) is 87.5 Å². The van der Waals surface area contributed by atoms with Gasteiger partial charge < -0.3 is 4.90 Å². The van der Waals surface area contributed by atoms with Crippen molar-refractivity contribution < 1.29 is 13.2 Å². The molecule has 0 bridgehead atoms. The van der Waals surface area contributed by atoms with Crippen molar-refractivity contribution in [2.75, 3.05) is 34.2 Å². The molecule has 32 heavy (non-hydrogen) atoms. The Labute approximate surface area is 194 Å². The van der Waals surface area contributed by atoms with Gasteiger partial charge in [0.1, 0.15) is 0 Å². The van der Waals surface area contributed by atoms with Crippen LogP contribution in [0.5, 0.6) is 0 Å². The molecule has 0 N–H and O–H groups in total. The molecule has 0 amide bonds. The van der Waals surface area contributed by atoms with Crippen molar-refractivity contribution in [1.82, 2.24) is 9.80 Å². The molecule has 0 aromatic heterocycles. The van der Waals surface area contributed by atoms with Crippen LogP contribution in [-0.2, 0) is 6.18 Å². The zero-order valence-corrected chi connectivity index (χ0v) is 21.1. The van der Waals surface area contributed by atoms with E-state index in [9.17, 15) is 13.2 Å². The smallest absolute Gasteiger partial charge is 0.309 e. The highest BCUT2D eigenvalue weighted by atomic mass is 31.1. The maximum atomic E-state index is 13.3. The second kappa shape index (κ2) is 12.2. The summed E-state index contributed by atoms with van der Waals surface area (Å²) >= 11 is 0. The number of halogens is 3. The zero-order valence-electron chi connectivity index (χ0n) is 20.2. The Balaban J connectivity index is 1.92. The topological polar surface area (TPSA) is 6.48 Å². The van der Waals surface area contributed by atoms with Gasteiger partial charge in [0.15, 0.2) is 0 Å². The normalized spacial score (nSPS) is 20.4. The Morgan fingerprint density at radius 1 is 0.812 bits per heavy atom. The summed E-state index contributed by atoms with van der Waals surface area (Å²) in [6.45, 7) is 2.02.